The molecular formula is C22H23FN2S. The summed E-state index contributed by atoms with van der Waals surface area (Å²) >= 11 is 1.99. The van der Waals surface area contributed by atoms with E-state index < -0.39 is 0 Å². The second-order valence-corrected chi connectivity index (χ2v) is 7.80. The summed E-state index contributed by atoms with van der Waals surface area (Å²) < 4.78 is 13.0. The number of aromatic amines is 1. The van der Waals surface area contributed by atoms with Gasteiger partial charge in [0.2, 0.25) is 0 Å². The number of nitrogens with zero attached hydrogens (tertiary/aromatic N) is 1. The van der Waals surface area contributed by atoms with Gasteiger partial charge in [-0.05, 0) is 41.3 Å². The summed E-state index contributed by atoms with van der Waals surface area (Å²) in [5.41, 5.74) is 5.10. The number of para-hydroxylation sites is 1. The van der Waals surface area contributed by atoms with E-state index >= 15 is 0 Å². The Bertz CT molecular complexity index is 898. The van der Waals surface area contributed by atoms with Crippen LogP contribution < -0.4 is 0 Å². The molecule has 0 unspecified atom stereocenters. The molecule has 0 spiro atoms. The van der Waals surface area contributed by atoms with Gasteiger partial charge in [0.15, 0.2) is 0 Å². The molecule has 0 bridgehead atoms. The second kappa shape index (κ2) is 8.11. The third kappa shape index (κ3) is 4.02. The van der Waals surface area contributed by atoms with Gasteiger partial charge in [-0.15, -0.1) is 0 Å². The normalized spacial score (nSPS) is 15.3. The highest BCUT2D eigenvalue weighted by Gasteiger charge is 2.13. The first-order chi connectivity index (χ1) is 12.8. The lowest BCUT2D eigenvalue weighted by atomic mass is 9.99. The van der Waals surface area contributed by atoms with Crippen molar-refractivity contribution in [3.63, 3.8) is 0 Å². The van der Waals surface area contributed by atoms with E-state index in [2.05, 4.69) is 46.4 Å². The number of nitrogens with one attached hydrogen (secondary N) is 1. The Balaban J connectivity index is 1.24. The van der Waals surface area contributed by atoms with Crippen molar-refractivity contribution in [1.82, 2.24) is 9.88 Å². The Hall–Kier alpha value is -2.04. The molecule has 1 aliphatic rings. The van der Waals surface area contributed by atoms with Crippen molar-refractivity contribution < 1.29 is 4.39 Å². The van der Waals surface area contributed by atoms with Crippen LogP contribution in [0.1, 0.15) is 17.5 Å². The van der Waals surface area contributed by atoms with Crippen molar-refractivity contribution >= 4 is 28.2 Å². The van der Waals surface area contributed by atoms with Crippen molar-refractivity contribution in [1.29, 1.82) is 0 Å². The van der Waals surface area contributed by atoms with Crippen LogP contribution in [0.25, 0.3) is 16.5 Å². The Kier molecular flexibility index (Phi) is 5.42. The van der Waals surface area contributed by atoms with E-state index in [-0.39, 0.29) is 5.82 Å². The van der Waals surface area contributed by atoms with E-state index in [0.717, 1.165) is 43.1 Å². The number of thioether (sulfide) groups is 1. The molecule has 2 nitrogen and oxygen atoms in total. The van der Waals surface area contributed by atoms with Crippen molar-refractivity contribution in [2.75, 3.05) is 25.4 Å². The van der Waals surface area contributed by atoms with Gasteiger partial charge in [0.1, 0.15) is 5.82 Å². The minimum atomic E-state index is -0.168. The maximum Gasteiger partial charge on any atom is 0.123 e. The number of rotatable bonds is 6. The van der Waals surface area contributed by atoms with Gasteiger partial charge >= 0.3 is 0 Å². The summed E-state index contributed by atoms with van der Waals surface area (Å²) in [6.45, 7) is 3.18. The van der Waals surface area contributed by atoms with E-state index in [0.29, 0.717) is 0 Å². The average Bonchev–Trinajstić information content (AvgIpc) is 3.10. The Morgan fingerprint density at radius 2 is 1.92 bits per heavy atom. The smallest absolute Gasteiger partial charge is 0.123 e. The first kappa shape index (κ1) is 17.4. The number of benzene rings is 2. The van der Waals surface area contributed by atoms with Gasteiger partial charge in [0.05, 0.1) is 0 Å². The van der Waals surface area contributed by atoms with Crippen LogP contribution in [-0.4, -0.2) is 35.3 Å². The number of halogens is 1. The van der Waals surface area contributed by atoms with E-state index in [1.54, 1.807) is 12.1 Å². The van der Waals surface area contributed by atoms with Crippen molar-refractivity contribution in [3.05, 3.63) is 77.7 Å². The Morgan fingerprint density at radius 3 is 2.73 bits per heavy atom. The molecule has 0 amide bonds. The largest absolute Gasteiger partial charge is 0.361 e. The third-order valence-electron chi connectivity index (χ3n) is 4.99. The molecule has 1 N–H and O–H groups in total. The molecule has 134 valence electrons. The third-order valence-corrected chi connectivity index (χ3v) is 5.98. The summed E-state index contributed by atoms with van der Waals surface area (Å²) in [7, 11) is 0. The first-order valence-electron chi connectivity index (χ1n) is 9.10. The average molecular weight is 367 g/mol. The van der Waals surface area contributed by atoms with Gasteiger partial charge < -0.3 is 4.98 Å². The van der Waals surface area contributed by atoms with Crippen LogP contribution >= 0.6 is 11.8 Å². The predicted molar refractivity (Wildman–Crippen MR) is 110 cm³/mol. The lowest BCUT2D eigenvalue weighted by Gasteiger charge is -2.26. The summed E-state index contributed by atoms with van der Waals surface area (Å²) in [4.78, 5) is 5.84. The van der Waals surface area contributed by atoms with Crippen LogP contribution in [0.5, 0.6) is 0 Å². The van der Waals surface area contributed by atoms with Gasteiger partial charge in [0.25, 0.3) is 0 Å². The molecule has 0 radical (unpaired) electrons. The summed E-state index contributed by atoms with van der Waals surface area (Å²) in [5, 5.41) is 1.34. The summed E-state index contributed by atoms with van der Waals surface area (Å²) in [5.74, 6) is 2.02. The summed E-state index contributed by atoms with van der Waals surface area (Å²) in [6, 6.07) is 15.3. The zero-order valence-corrected chi connectivity index (χ0v) is 15.6. The van der Waals surface area contributed by atoms with E-state index in [1.165, 1.54) is 22.0 Å². The minimum Gasteiger partial charge on any atom is -0.361 e. The van der Waals surface area contributed by atoms with Gasteiger partial charge in [-0.25, -0.2) is 4.39 Å². The lowest BCUT2D eigenvalue weighted by molar-refractivity contribution is 0.321. The van der Waals surface area contributed by atoms with E-state index in [4.69, 9.17) is 0 Å². The van der Waals surface area contributed by atoms with Crippen molar-refractivity contribution in [2.24, 2.45) is 0 Å². The molecule has 1 aromatic heterocycles. The van der Waals surface area contributed by atoms with Crippen LogP contribution in [0, 0.1) is 5.82 Å². The fourth-order valence-electron chi connectivity index (χ4n) is 3.47. The fraction of sp³-hybridized carbons (Fsp3) is 0.273. The molecule has 0 atom stereocenters. The van der Waals surface area contributed by atoms with Crippen molar-refractivity contribution in [3.8, 4) is 0 Å². The molecule has 0 aliphatic carbocycles. The molecule has 0 fully saturated rings. The van der Waals surface area contributed by atoms with Gasteiger partial charge in [-0.3, -0.25) is 4.90 Å². The standard InChI is InChI=1S/C22H23FN2S/c23-20-7-5-17(6-8-20)18-9-11-25(12-10-18)13-14-26-16-19-15-24-22-4-2-1-3-21(19)22/h1-9,15,24H,10-14,16H2. The quantitative estimate of drug-likeness (QED) is 0.595. The zero-order valence-electron chi connectivity index (χ0n) is 14.7. The number of H-pyrrole nitrogens is 1. The molecule has 26 heavy (non-hydrogen) atoms. The number of hydrogen-bond donors (Lipinski definition) is 1. The fourth-order valence-corrected chi connectivity index (χ4v) is 4.46. The highest BCUT2D eigenvalue weighted by molar-refractivity contribution is 7.98. The molecule has 4 rings (SSSR count). The molecule has 0 saturated carbocycles. The molecule has 2 heterocycles. The van der Waals surface area contributed by atoms with Gasteiger partial charge in [-0.1, -0.05) is 36.4 Å². The van der Waals surface area contributed by atoms with Crippen LogP contribution in [0.15, 0.2) is 60.8 Å². The highest BCUT2D eigenvalue weighted by atomic mass is 32.2. The summed E-state index contributed by atoms with van der Waals surface area (Å²) in [6.07, 6.45) is 5.47. The van der Waals surface area contributed by atoms with Crippen LogP contribution in [0.4, 0.5) is 4.39 Å². The minimum absolute atomic E-state index is 0.168. The molecule has 0 saturated heterocycles. The Labute approximate surface area is 158 Å². The topological polar surface area (TPSA) is 19.0 Å². The molecular weight excluding hydrogens is 343 g/mol. The van der Waals surface area contributed by atoms with E-state index in [1.807, 2.05) is 23.9 Å². The molecule has 4 heteroatoms. The lowest BCUT2D eigenvalue weighted by Crippen LogP contribution is -2.30. The number of fused-ring (bicyclic) bond motifs is 1. The first-order valence-corrected chi connectivity index (χ1v) is 10.2. The highest BCUT2D eigenvalue weighted by Crippen LogP contribution is 2.24. The van der Waals surface area contributed by atoms with Crippen LogP contribution in [-0.2, 0) is 5.75 Å². The van der Waals surface area contributed by atoms with Crippen LogP contribution in [0.2, 0.25) is 0 Å². The monoisotopic (exact) mass is 366 g/mol. The Morgan fingerprint density at radius 1 is 1.08 bits per heavy atom. The zero-order chi connectivity index (χ0) is 17.8. The van der Waals surface area contributed by atoms with E-state index in [9.17, 15) is 4.39 Å². The van der Waals surface area contributed by atoms with Gasteiger partial charge in [-0.2, -0.15) is 11.8 Å². The maximum atomic E-state index is 13.0. The maximum absolute atomic E-state index is 13.0. The molecule has 3 aromatic rings. The van der Waals surface area contributed by atoms with Crippen molar-refractivity contribution in [2.45, 2.75) is 12.2 Å². The molecule has 2 aromatic carbocycles. The van der Waals surface area contributed by atoms with Crippen LogP contribution in [0.3, 0.4) is 0 Å². The molecule has 1 aliphatic heterocycles. The second-order valence-electron chi connectivity index (χ2n) is 6.70. The number of hydrogen-bond acceptors (Lipinski definition) is 2. The SMILES string of the molecule is Fc1ccc(C2=CCN(CCSCc3c[nH]c4ccccc34)CC2)cc1. The number of aromatic nitrogens is 1. The predicted octanol–water partition coefficient (Wildman–Crippen LogP) is 5.33. The van der Waals surface area contributed by atoms with Gasteiger partial charge in [0, 0.05) is 48.2 Å².